The van der Waals surface area contributed by atoms with E-state index in [1.165, 1.54) is 0 Å². The highest BCUT2D eigenvalue weighted by atomic mass is 16.6. The zero-order valence-corrected chi connectivity index (χ0v) is 5.15. The summed E-state index contributed by atoms with van der Waals surface area (Å²) in [6, 6.07) is -0.468. The molecule has 0 aromatic carbocycles. The largest absolute Gasteiger partial charge is 0.393 e. The van der Waals surface area contributed by atoms with Crippen LogP contribution in [-0.4, -0.2) is 22.2 Å². The molecule has 0 bridgehead atoms. The van der Waals surface area contributed by atoms with E-state index >= 15 is 0 Å². The third-order valence-corrected chi connectivity index (χ3v) is 1.70. The van der Waals surface area contributed by atoms with Gasteiger partial charge in [0.1, 0.15) is 0 Å². The van der Waals surface area contributed by atoms with Crippen LogP contribution in [0, 0.1) is 16.0 Å². The molecular formula is C5H9NO3. The number of aliphatic hydroxyl groups excluding tert-OH is 1. The van der Waals surface area contributed by atoms with Gasteiger partial charge in [0.05, 0.1) is 12.0 Å². The zero-order chi connectivity index (χ0) is 7.02. The Hall–Kier alpha value is -0.640. The summed E-state index contributed by atoms with van der Waals surface area (Å²) < 4.78 is 0. The van der Waals surface area contributed by atoms with E-state index in [-0.39, 0.29) is 10.8 Å². The van der Waals surface area contributed by atoms with Crippen molar-refractivity contribution in [2.24, 2.45) is 5.92 Å². The summed E-state index contributed by atoms with van der Waals surface area (Å²) in [4.78, 5) is 9.65. The molecule has 0 aliphatic heterocycles. The van der Waals surface area contributed by atoms with Crippen LogP contribution in [0.25, 0.3) is 0 Å². The molecule has 0 heterocycles. The number of aliphatic hydroxyl groups is 1. The first-order valence-electron chi connectivity index (χ1n) is 2.94. The van der Waals surface area contributed by atoms with Crippen LogP contribution in [0.2, 0.25) is 0 Å². The highest BCUT2D eigenvalue weighted by Gasteiger charge is 2.50. The summed E-state index contributed by atoms with van der Waals surface area (Å²) in [6.07, 6.45) is 0.0328. The maximum atomic E-state index is 9.97. The van der Waals surface area contributed by atoms with Crippen molar-refractivity contribution in [3.63, 3.8) is 0 Å². The first-order valence-corrected chi connectivity index (χ1v) is 2.94. The lowest BCUT2D eigenvalue weighted by Gasteiger charge is -1.95. The van der Waals surface area contributed by atoms with Crippen LogP contribution >= 0.6 is 0 Å². The molecule has 1 rings (SSSR count). The molecule has 3 atom stereocenters. The SMILES string of the molecule is CC(O)C1CC1[N+](=O)[O-]. The Bertz CT molecular complexity index is 134. The topological polar surface area (TPSA) is 63.4 Å². The van der Waals surface area contributed by atoms with Gasteiger partial charge in [0.15, 0.2) is 0 Å². The van der Waals surface area contributed by atoms with Gasteiger partial charge in [-0.3, -0.25) is 10.1 Å². The fourth-order valence-corrected chi connectivity index (χ4v) is 0.961. The van der Waals surface area contributed by atoms with Crippen LogP contribution < -0.4 is 0 Å². The van der Waals surface area contributed by atoms with Gasteiger partial charge in [-0.15, -0.1) is 0 Å². The Morgan fingerprint density at radius 1 is 1.89 bits per heavy atom. The van der Waals surface area contributed by atoms with E-state index < -0.39 is 12.1 Å². The molecule has 0 radical (unpaired) electrons. The molecule has 4 nitrogen and oxygen atoms in total. The second-order valence-electron chi connectivity index (χ2n) is 2.49. The minimum Gasteiger partial charge on any atom is -0.393 e. The van der Waals surface area contributed by atoms with E-state index in [1.54, 1.807) is 6.92 Å². The van der Waals surface area contributed by atoms with Crippen molar-refractivity contribution in [3.8, 4) is 0 Å². The van der Waals surface area contributed by atoms with Gasteiger partial charge in [-0.05, 0) is 6.92 Å². The highest BCUT2D eigenvalue weighted by molar-refractivity contribution is 4.89. The molecule has 9 heavy (non-hydrogen) atoms. The summed E-state index contributed by atoms with van der Waals surface area (Å²) in [5.41, 5.74) is 0. The first kappa shape index (κ1) is 6.48. The summed E-state index contributed by atoms with van der Waals surface area (Å²) in [5, 5.41) is 18.8. The molecule has 1 aliphatic rings. The molecule has 1 aliphatic carbocycles. The molecule has 1 N–H and O–H groups in total. The molecule has 1 saturated carbocycles. The number of hydrogen-bond acceptors (Lipinski definition) is 3. The number of hydrogen-bond donors (Lipinski definition) is 1. The Kier molecular flexibility index (Phi) is 1.40. The lowest BCUT2D eigenvalue weighted by atomic mass is 10.3. The fraction of sp³-hybridized carbons (Fsp3) is 1.00. The Labute approximate surface area is 52.6 Å². The maximum Gasteiger partial charge on any atom is 0.219 e. The molecule has 3 unspecified atom stereocenters. The second-order valence-corrected chi connectivity index (χ2v) is 2.49. The summed E-state index contributed by atoms with van der Waals surface area (Å²) in [6.45, 7) is 1.59. The summed E-state index contributed by atoms with van der Waals surface area (Å²) in [5.74, 6) is -0.0833. The van der Waals surface area contributed by atoms with Crippen LogP contribution in [-0.2, 0) is 0 Å². The van der Waals surface area contributed by atoms with Crippen molar-refractivity contribution in [3.05, 3.63) is 10.1 Å². The van der Waals surface area contributed by atoms with Gasteiger partial charge in [0.25, 0.3) is 0 Å². The lowest BCUT2D eigenvalue weighted by molar-refractivity contribution is -0.499. The maximum absolute atomic E-state index is 9.97. The minimum atomic E-state index is -0.514. The van der Waals surface area contributed by atoms with Crippen LogP contribution in [0.4, 0.5) is 0 Å². The van der Waals surface area contributed by atoms with Gasteiger partial charge in [0.2, 0.25) is 6.04 Å². The average molecular weight is 131 g/mol. The van der Waals surface area contributed by atoms with E-state index in [0.717, 1.165) is 0 Å². The molecule has 0 aromatic rings. The van der Waals surface area contributed by atoms with Gasteiger partial charge in [-0.25, -0.2) is 0 Å². The molecule has 1 fully saturated rings. The van der Waals surface area contributed by atoms with Crippen molar-refractivity contribution < 1.29 is 10.0 Å². The molecule has 0 saturated heterocycles. The Morgan fingerprint density at radius 2 is 2.44 bits per heavy atom. The van der Waals surface area contributed by atoms with Crippen molar-refractivity contribution >= 4 is 0 Å². The minimum absolute atomic E-state index is 0.0833. The number of nitro groups is 1. The molecule has 0 spiro atoms. The Balaban J connectivity index is 2.33. The fourth-order valence-electron chi connectivity index (χ4n) is 0.961. The van der Waals surface area contributed by atoms with Crippen molar-refractivity contribution in [2.75, 3.05) is 0 Å². The van der Waals surface area contributed by atoms with Crippen LogP contribution in [0.3, 0.4) is 0 Å². The summed E-state index contributed by atoms with van der Waals surface area (Å²) in [7, 11) is 0. The summed E-state index contributed by atoms with van der Waals surface area (Å²) >= 11 is 0. The molecular weight excluding hydrogens is 122 g/mol. The number of rotatable bonds is 2. The first-order chi connectivity index (χ1) is 4.13. The predicted octanol–water partition coefficient (Wildman–Crippen LogP) is 0.0324. The quantitative estimate of drug-likeness (QED) is 0.425. The van der Waals surface area contributed by atoms with Gasteiger partial charge in [-0.1, -0.05) is 0 Å². The van der Waals surface area contributed by atoms with Crippen molar-refractivity contribution in [2.45, 2.75) is 25.5 Å². The van der Waals surface area contributed by atoms with Crippen LogP contribution in [0.15, 0.2) is 0 Å². The number of nitrogens with zero attached hydrogens (tertiary/aromatic N) is 1. The third kappa shape index (κ3) is 1.18. The van der Waals surface area contributed by atoms with Gasteiger partial charge in [-0.2, -0.15) is 0 Å². The predicted molar refractivity (Wildman–Crippen MR) is 30.6 cm³/mol. The second kappa shape index (κ2) is 1.95. The smallest absolute Gasteiger partial charge is 0.219 e. The van der Waals surface area contributed by atoms with Crippen molar-refractivity contribution in [1.82, 2.24) is 0 Å². The molecule has 4 heteroatoms. The van der Waals surface area contributed by atoms with Crippen LogP contribution in [0.5, 0.6) is 0 Å². The van der Waals surface area contributed by atoms with Gasteiger partial charge < -0.3 is 5.11 Å². The lowest BCUT2D eigenvalue weighted by Crippen LogP contribution is -2.11. The van der Waals surface area contributed by atoms with Crippen LogP contribution in [0.1, 0.15) is 13.3 Å². The van der Waals surface area contributed by atoms with Crippen molar-refractivity contribution in [1.29, 1.82) is 0 Å². The highest BCUT2D eigenvalue weighted by Crippen LogP contribution is 2.35. The van der Waals surface area contributed by atoms with E-state index in [2.05, 4.69) is 0 Å². The third-order valence-electron chi connectivity index (χ3n) is 1.70. The normalized spacial score (nSPS) is 35.8. The standard InChI is InChI=1S/C5H9NO3/c1-3(7)4-2-5(4)6(8)9/h3-5,7H,2H2,1H3. The van der Waals surface area contributed by atoms with E-state index in [0.29, 0.717) is 6.42 Å². The van der Waals surface area contributed by atoms with Gasteiger partial charge >= 0.3 is 0 Å². The molecule has 0 aromatic heterocycles. The molecule has 52 valence electrons. The zero-order valence-electron chi connectivity index (χ0n) is 5.15. The monoisotopic (exact) mass is 131 g/mol. The Morgan fingerprint density at radius 3 is 2.56 bits per heavy atom. The molecule has 0 amide bonds. The average Bonchev–Trinajstić information content (AvgIpc) is 2.39. The van der Waals surface area contributed by atoms with E-state index in [4.69, 9.17) is 5.11 Å². The van der Waals surface area contributed by atoms with E-state index in [1.807, 2.05) is 0 Å². The van der Waals surface area contributed by atoms with Gasteiger partial charge in [0, 0.05) is 11.3 Å². The van der Waals surface area contributed by atoms with E-state index in [9.17, 15) is 10.1 Å².